The van der Waals surface area contributed by atoms with Crippen LogP contribution in [0.5, 0.6) is 11.5 Å². The van der Waals surface area contributed by atoms with Crippen LogP contribution >= 0.6 is 0 Å². The average Bonchev–Trinajstić information content (AvgIpc) is 2.46. The van der Waals surface area contributed by atoms with Gasteiger partial charge >= 0.3 is 0 Å². The molecule has 5 heteroatoms. The molecule has 20 heavy (non-hydrogen) atoms. The minimum atomic E-state index is 0.210. The summed E-state index contributed by atoms with van der Waals surface area (Å²) in [6.07, 6.45) is 2.68. The minimum Gasteiger partial charge on any atom is -0.507 e. The number of likely N-dealkylation sites (N-methyl/N-ethyl adjacent to an activating group) is 1. The summed E-state index contributed by atoms with van der Waals surface area (Å²) in [6, 6.07) is 5.35. The molecule has 0 aliphatic carbocycles. The van der Waals surface area contributed by atoms with E-state index < -0.39 is 0 Å². The number of hydrazone groups is 1. The van der Waals surface area contributed by atoms with Gasteiger partial charge in [-0.05, 0) is 18.6 Å². The van der Waals surface area contributed by atoms with Gasteiger partial charge in [-0.1, -0.05) is 6.92 Å². The molecule has 2 rings (SSSR count). The third-order valence-electron chi connectivity index (χ3n) is 3.43. The predicted octanol–water partition coefficient (Wildman–Crippen LogP) is 0.345. The summed E-state index contributed by atoms with van der Waals surface area (Å²) < 4.78 is 5.48. The predicted molar refractivity (Wildman–Crippen MR) is 79.7 cm³/mol. The van der Waals surface area contributed by atoms with Crippen molar-refractivity contribution in [2.45, 2.75) is 13.3 Å². The molecule has 1 aromatic rings. The van der Waals surface area contributed by atoms with Crippen molar-refractivity contribution in [2.24, 2.45) is 5.10 Å². The van der Waals surface area contributed by atoms with Crippen molar-refractivity contribution in [1.29, 1.82) is 0 Å². The van der Waals surface area contributed by atoms with Gasteiger partial charge in [-0.25, -0.2) is 0 Å². The summed E-state index contributed by atoms with van der Waals surface area (Å²) in [5, 5.41) is 16.5. The number of quaternary nitrogens is 1. The minimum absolute atomic E-state index is 0.210. The fourth-order valence-corrected chi connectivity index (χ4v) is 2.08. The van der Waals surface area contributed by atoms with E-state index in [0.717, 1.165) is 38.2 Å². The standard InChI is InChI=1S/C15H23N3O2/c1-3-10-20-14-5-4-13(15(19)11-14)12-16-18-8-6-17(2)7-9-18/h4-5,11-12,19H,3,6-10H2,1-2H3/p+1/b16-12+. The highest BCUT2D eigenvalue weighted by Gasteiger charge is 2.14. The largest absolute Gasteiger partial charge is 0.507 e. The summed E-state index contributed by atoms with van der Waals surface area (Å²) in [4.78, 5) is 1.54. The molecule has 2 N–H and O–H groups in total. The molecule has 0 saturated carbocycles. The number of phenolic OH excluding ortho intramolecular Hbond substituents is 1. The van der Waals surface area contributed by atoms with Crippen molar-refractivity contribution < 1.29 is 14.7 Å². The van der Waals surface area contributed by atoms with Crippen LogP contribution in [0, 0.1) is 0 Å². The maximum absolute atomic E-state index is 9.97. The number of benzene rings is 1. The lowest BCUT2D eigenvalue weighted by molar-refractivity contribution is -0.884. The first-order chi connectivity index (χ1) is 9.69. The van der Waals surface area contributed by atoms with E-state index in [-0.39, 0.29) is 5.75 Å². The van der Waals surface area contributed by atoms with Crippen molar-refractivity contribution in [3.63, 3.8) is 0 Å². The number of nitrogens with zero attached hydrogens (tertiary/aromatic N) is 2. The SMILES string of the molecule is CCCOc1ccc(/C=N/N2CC[NH+](C)CC2)c(O)c1. The number of hydrogen-bond acceptors (Lipinski definition) is 4. The van der Waals surface area contributed by atoms with Gasteiger partial charge in [0.2, 0.25) is 0 Å². The Morgan fingerprint density at radius 3 is 2.80 bits per heavy atom. The summed E-state index contributed by atoms with van der Waals surface area (Å²) in [5.74, 6) is 0.909. The second-order valence-corrected chi connectivity index (χ2v) is 5.22. The van der Waals surface area contributed by atoms with Crippen LogP contribution in [0.2, 0.25) is 0 Å². The van der Waals surface area contributed by atoms with E-state index in [9.17, 15) is 5.11 Å². The van der Waals surface area contributed by atoms with Crippen molar-refractivity contribution in [2.75, 3.05) is 39.8 Å². The van der Waals surface area contributed by atoms with Crippen LogP contribution < -0.4 is 9.64 Å². The Bertz CT molecular complexity index is 454. The second-order valence-electron chi connectivity index (χ2n) is 5.22. The van der Waals surface area contributed by atoms with E-state index in [0.29, 0.717) is 12.4 Å². The van der Waals surface area contributed by atoms with Crippen LogP contribution in [0.15, 0.2) is 23.3 Å². The molecule has 0 radical (unpaired) electrons. The molecule has 0 spiro atoms. The smallest absolute Gasteiger partial charge is 0.128 e. The molecule has 0 bridgehead atoms. The molecule has 110 valence electrons. The highest BCUT2D eigenvalue weighted by Crippen LogP contribution is 2.22. The van der Waals surface area contributed by atoms with E-state index >= 15 is 0 Å². The Morgan fingerprint density at radius 1 is 1.40 bits per heavy atom. The number of aromatic hydroxyl groups is 1. The molecule has 1 saturated heterocycles. The maximum Gasteiger partial charge on any atom is 0.128 e. The van der Waals surface area contributed by atoms with Crippen LogP contribution in [-0.4, -0.2) is 56.2 Å². The van der Waals surface area contributed by atoms with Gasteiger partial charge in [0, 0.05) is 11.6 Å². The zero-order valence-corrected chi connectivity index (χ0v) is 12.3. The number of phenols is 1. The van der Waals surface area contributed by atoms with Gasteiger partial charge in [-0.3, -0.25) is 5.01 Å². The molecule has 1 fully saturated rings. The summed E-state index contributed by atoms with van der Waals surface area (Å²) in [5.41, 5.74) is 0.722. The van der Waals surface area contributed by atoms with Gasteiger partial charge in [-0.15, -0.1) is 0 Å². The molecule has 1 aromatic carbocycles. The van der Waals surface area contributed by atoms with E-state index in [1.165, 1.54) is 4.90 Å². The van der Waals surface area contributed by atoms with Crippen molar-refractivity contribution >= 4 is 6.21 Å². The Balaban J connectivity index is 1.95. The van der Waals surface area contributed by atoms with E-state index in [1.54, 1.807) is 12.3 Å². The molecule has 0 unspecified atom stereocenters. The van der Waals surface area contributed by atoms with Gasteiger partial charge in [0.1, 0.15) is 11.5 Å². The average molecular weight is 278 g/mol. The molecule has 1 heterocycles. The van der Waals surface area contributed by atoms with Gasteiger partial charge in [0.05, 0.1) is 46.0 Å². The number of hydrogen-bond donors (Lipinski definition) is 2. The van der Waals surface area contributed by atoms with Crippen LogP contribution in [0.1, 0.15) is 18.9 Å². The number of rotatable bonds is 5. The Hall–Kier alpha value is -1.75. The van der Waals surface area contributed by atoms with Crippen LogP contribution in [0.3, 0.4) is 0 Å². The highest BCUT2D eigenvalue weighted by atomic mass is 16.5. The maximum atomic E-state index is 9.97. The Labute approximate surface area is 120 Å². The van der Waals surface area contributed by atoms with E-state index in [4.69, 9.17) is 4.74 Å². The second kappa shape index (κ2) is 7.14. The molecule has 0 atom stereocenters. The summed E-state index contributed by atoms with van der Waals surface area (Å²) in [7, 11) is 2.20. The Kier molecular flexibility index (Phi) is 5.24. The Morgan fingerprint density at radius 2 is 2.15 bits per heavy atom. The molecule has 1 aliphatic heterocycles. The number of nitrogens with one attached hydrogen (secondary N) is 1. The molecule has 5 nitrogen and oxygen atoms in total. The summed E-state index contributed by atoms with van der Waals surface area (Å²) in [6.45, 7) is 6.84. The molecule has 0 aromatic heterocycles. The van der Waals surface area contributed by atoms with Gasteiger partial charge in [0.25, 0.3) is 0 Å². The fraction of sp³-hybridized carbons (Fsp3) is 0.533. The van der Waals surface area contributed by atoms with Crippen LogP contribution in [0.4, 0.5) is 0 Å². The molecule has 1 aliphatic rings. The van der Waals surface area contributed by atoms with Gasteiger partial charge in [-0.2, -0.15) is 5.10 Å². The first-order valence-electron chi connectivity index (χ1n) is 7.25. The van der Waals surface area contributed by atoms with Crippen LogP contribution in [-0.2, 0) is 0 Å². The fourth-order valence-electron chi connectivity index (χ4n) is 2.08. The quantitative estimate of drug-likeness (QED) is 0.764. The van der Waals surface area contributed by atoms with Gasteiger partial charge in [0.15, 0.2) is 0 Å². The van der Waals surface area contributed by atoms with E-state index in [1.807, 2.05) is 17.1 Å². The topological polar surface area (TPSA) is 49.5 Å². The lowest BCUT2D eigenvalue weighted by Crippen LogP contribution is -3.11. The number of ether oxygens (including phenoxy) is 1. The van der Waals surface area contributed by atoms with E-state index in [2.05, 4.69) is 19.1 Å². The zero-order chi connectivity index (χ0) is 14.4. The van der Waals surface area contributed by atoms with Crippen molar-refractivity contribution in [3.05, 3.63) is 23.8 Å². The molecule has 0 amide bonds. The van der Waals surface area contributed by atoms with Crippen molar-refractivity contribution in [1.82, 2.24) is 5.01 Å². The number of piperazine rings is 1. The first kappa shape index (κ1) is 14.7. The first-order valence-corrected chi connectivity index (χ1v) is 7.25. The summed E-state index contributed by atoms with van der Waals surface area (Å²) >= 11 is 0. The monoisotopic (exact) mass is 278 g/mol. The van der Waals surface area contributed by atoms with Crippen molar-refractivity contribution in [3.8, 4) is 11.5 Å². The third-order valence-corrected chi connectivity index (χ3v) is 3.43. The lowest BCUT2D eigenvalue weighted by atomic mass is 10.2. The highest BCUT2D eigenvalue weighted by molar-refractivity contribution is 5.83. The molecular weight excluding hydrogens is 254 g/mol. The van der Waals surface area contributed by atoms with Gasteiger partial charge < -0.3 is 14.7 Å². The molecular formula is C15H24N3O2+. The lowest BCUT2D eigenvalue weighted by Gasteiger charge is -2.27. The zero-order valence-electron chi connectivity index (χ0n) is 12.3. The van der Waals surface area contributed by atoms with Crippen LogP contribution in [0.25, 0.3) is 0 Å². The normalized spacial score (nSPS) is 16.8. The third kappa shape index (κ3) is 4.13.